The first-order chi connectivity index (χ1) is 9.60. The fourth-order valence-corrected chi connectivity index (χ4v) is 2.64. The van der Waals surface area contributed by atoms with Crippen LogP contribution in [0.1, 0.15) is 56.3 Å². The summed E-state index contributed by atoms with van der Waals surface area (Å²) >= 11 is 0. The molecule has 0 spiro atoms. The van der Waals surface area contributed by atoms with Gasteiger partial charge >= 0.3 is 0 Å². The van der Waals surface area contributed by atoms with Gasteiger partial charge in [0.15, 0.2) is 0 Å². The van der Waals surface area contributed by atoms with Gasteiger partial charge in [0.2, 0.25) is 5.91 Å². The Morgan fingerprint density at radius 2 is 2.25 bits per heavy atom. The smallest absolute Gasteiger partial charge is 0.234 e. The number of rotatable bonds is 5. The van der Waals surface area contributed by atoms with Gasteiger partial charge in [-0.25, -0.2) is 0 Å². The van der Waals surface area contributed by atoms with Crippen molar-refractivity contribution in [1.82, 2.24) is 0 Å². The molecule has 0 saturated carbocycles. The van der Waals surface area contributed by atoms with Crippen molar-refractivity contribution in [2.24, 2.45) is 0 Å². The fourth-order valence-electron chi connectivity index (χ4n) is 2.64. The van der Waals surface area contributed by atoms with E-state index < -0.39 is 6.10 Å². The molecule has 4 heteroatoms. The SMILES string of the molecule is CCC(O)c1ccc2c(c1)C(C)C(=O)N2CCCC#N. The van der Waals surface area contributed by atoms with E-state index in [0.717, 1.165) is 16.8 Å². The summed E-state index contributed by atoms with van der Waals surface area (Å²) in [6.07, 6.45) is 1.33. The minimum atomic E-state index is -0.477. The lowest BCUT2D eigenvalue weighted by molar-refractivity contribution is -0.119. The van der Waals surface area contributed by atoms with E-state index in [9.17, 15) is 9.90 Å². The highest BCUT2D eigenvalue weighted by molar-refractivity contribution is 6.04. The van der Waals surface area contributed by atoms with Gasteiger partial charge < -0.3 is 10.0 Å². The number of unbranched alkanes of at least 4 members (excludes halogenated alkanes) is 1. The second kappa shape index (κ2) is 6.06. The van der Waals surface area contributed by atoms with Gasteiger partial charge in [0.25, 0.3) is 0 Å². The molecule has 0 saturated heterocycles. The fraction of sp³-hybridized carbons (Fsp3) is 0.500. The maximum Gasteiger partial charge on any atom is 0.234 e. The van der Waals surface area contributed by atoms with Gasteiger partial charge in [-0.05, 0) is 37.0 Å². The summed E-state index contributed by atoms with van der Waals surface area (Å²) in [4.78, 5) is 14.1. The van der Waals surface area contributed by atoms with Crippen molar-refractivity contribution in [2.45, 2.75) is 45.1 Å². The van der Waals surface area contributed by atoms with Gasteiger partial charge in [-0.3, -0.25) is 4.79 Å². The molecule has 1 aromatic rings. The highest BCUT2D eigenvalue weighted by atomic mass is 16.3. The molecule has 2 atom stereocenters. The van der Waals surface area contributed by atoms with Crippen LogP contribution >= 0.6 is 0 Å². The number of hydrogen-bond acceptors (Lipinski definition) is 3. The standard InChI is InChI=1S/C16H20N2O2/c1-3-15(19)12-6-7-14-13(10-12)11(2)16(20)18(14)9-5-4-8-17/h6-7,10-11,15,19H,3-5,9H2,1-2H3. The third-order valence-corrected chi connectivity index (χ3v) is 3.89. The third kappa shape index (κ3) is 2.54. The van der Waals surface area contributed by atoms with Crippen molar-refractivity contribution in [2.75, 3.05) is 11.4 Å². The van der Waals surface area contributed by atoms with Crippen molar-refractivity contribution in [3.63, 3.8) is 0 Å². The van der Waals surface area contributed by atoms with E-state index in [0.29, 0.717) is 25.8 Å². The van der Waals surface area contributed by atoms with Crippen molar-refractivity contribution in [3.05, 3.63) is 29.3 Å². The zero-order valence-corrected chi connectivity index (χ0v) is 12.0. The topological polar surface area (TPSA) is 64.3 Å². The van der Waals surface area contributed by atoms with E-state index in [1.807, 2.05) is 32.0 Å². The van der Waals surface area contributed by atoms with E-state index in [1.165, 1.54) is 0 Å². The average molecular weight is 272 g/mol. The number of nitrogens with zero attached hydrogens (tertiary/aromatic N) is 2. The molecule has 1 aliphatic heterocycles. The van der Waals surface area contributed by atoms with Crippen molar-refractivity contribution in [3.8, 4) is 6.07 Å². The highest BCUT2D eigenvalue weighted by Gasteiger charge is 2.34. The molecule has 20 heavy (non-hydrogen) atoms. The van der Waals surface area contributed by atoms with Crippen molar-refractivity contribution >= 4 is 11.6 Å². The number of aliphatic hydroxyl groups excluding tert-OH is 1. The number of nitriles is 1. The monoisotopic (exact) mass is 272 g/mol. The van der Waals surface area contributed by atoms with Crippen LogP contribution in [-0.2, 0) is 4.79 Å². The van der Waals surface area contributed by atoms with Crippen LogP contribution in [-0.4, -0.2) is 17.6 Å². The van der Waals surface area contributed by atoms with Crippen molar-refractivity contribution < 1.29 is 9.90 Å². The Morgan fingerprint density at radius 1 is 1.50 bits per heavy atom. The Hall–Kier alpha value is -1.86. The molecule has 0 fully saturated rings. The molecular weight excluding hydrogens is 252 g/mol. The van der Waals surface area contributed by atoms with E-state index in [1.54, 1.807) is 4.90 Å². The number of fused-ring (bicyclic) bond motifs is 1. The number of amides is 1. The first-order valence-electron chi connectivity index (χ1n) is 7.10. The zero-order valence-electron chi connectivity index (χ0n) is 12.0. The summed E-state index contributed by atoms with van der Waals surface area (Å²) in [5.41, 5.74) is 2.77. The van der Waals surface area contributed by atoms with Crippen LogP contribution < -0.4 is 4.90 Å². The molecule has 2 unspecified atom stereocenters. The lowest BCUT2D eigenvalue weighted by Crippen LogP contribution is -2.28. The number of carbonyl (C=O) groups is 1. The van der Waals surface area contributed by atoms with Crippen LogP contribution in [0.5, 0.6) is 0 Å². The summed E-state index contributed by atoms with van der Waals surface area (Å²) in [6.45, 7) is 4.41. The number of carbonyl (C=O) groups excluding carboxylic acids is 1. The van der Waals surface area contributed by atoms with Gasteiger partial charge in [-0.15, -0.1) is 0 Å². The minimum Gasteiger partial charge on any atom is -0.388 e. The number of hydrogen-bond donors (Lipinski definition) is 1. The summed E-state index contributed by atoms with van der Waals surface area (Å²) in [5, 5.41) is 18.5. The summed E-state index contributed by atoms with van der Waals surface area (Å²) in [5.74, 6) is -0.0860. The summed E-state index contributed by atoms with van der Waals surface area (Å²) in [7, 11) is 0. The highest BCUT2D eigenvalue weighted by Crippen LogP contribution is 2.38. The van der Waals surface area contributed by atoms with E-state index >= 15 is 0 Å². The number of benzene rings is 1. The van der Waals surface area contributed by atoms with Crippen molar-refractivity contribution in [1.29, 1.82) is 5.26 Å². The molecule has 1 aliphatic rings. The molecule has 106 valence electrons. The average Bonchev–Trinajstić information content (AvgIpc) is 2.71. The zero-order chi connectivity index (χ0) is 14.7. The van der Waals surface area contributed by atoms with Crippen LogP contribution in [0.4, 0.5) is 5.69 Å². The maximum absolute atomic E-state index is 12.3. The van der Waals surface area contributed by atoms with E-state index in [4.69, 9.17) is 5.26 Å². The first-order valence-corrected chi connectivity index (χ1v) is 7.10. The van der Waals surface area contributed by atoms with E-state index in [2.05, 4.69) is 6.07 Å². The Kier molecular flexibility index (Phi) is 4.41. The molecule has 2 rings (SSSR count). The van der Waals surface area contributed by atoms with Crippen LogP contribution in [0.2, 0.25) is 0 Å². The molecule has 1 amide bonds. The molecule has 1 N–H and O–H groups in total. The summed E-state index contributed by atoms with van der Waals surface area (Å²) < 4.78 is 0. The van der Waals surface area contributed by atoms with Gasteiger partial charge in [-0.1, -0.05) is 19.1 Å². The maximum atomic E-state index is 12.3. The molecule has 4 nitrogen and oxygen atoms in total. The molecule has 0 bridgehead atoms. The van der Waals surface area contributed by atoms with Gasteiger partial charge in [0.05, 0.1) is 18.1 Å². The van der Waals surface area contributed by atoms with Crippen LogP contribution in [0, 0.1) is 11.3 Å². The summed E-state index contributed by atoms with van der Waals surface area (Å²) in [6, 6.07) is 7.84. The van der Waals surface area contributed by atoms with Gasteiger partial charge in [0, 0.05) is 18.7 Å². The van der Waals surface area contributed by atoms with E-state index in [-0.39, 0.29) is 11.8 Å². The van der Waals surface area contributed by atoms with Crippen LogP contribution in [0.3, 0.4) is 0 Å². The second-order valence-electron chi connectivity index (χ2n) is 5.22. The Morgan fingerprint density at radius 3 is 2.90 bits per heavy atom. The van der Waals surface area contributed by atoms with Gasteiger partial charge in [0.1, 0.15) is 0 Å². The van der Waals surface area contributed by atoms with Crippen LogP contribution in [0.15, 0.2) is 18.2 Å². The Labute approximate surface area is 119 Å². The minimum absolute atomic E-state index is 0.0843. The molecular formula is C16H20N2O2. The number of aliphatic hydroxyl groups is 1. The van der Waals surface area contributed by atoms with Gasteiger partial charge in [-0.2, -0.15) is 5.26 Å². The number of anilines is 1. The molecule has 0 aromatic heterocycles. The van der Waals surface area contributed by atoms with Crippen LogP contribution in [0.25, 0.3) is 0 Å². The molecule has 1 aromatic carbocycles. The third-order valence-electron chi connectivity index (χ3n) is 3.89. The molecule has 0 radical (unpaired) electrons. The predicted molar refractivity (Wildman–Crippen MR) is 77.3 cm³/mol. The first kappa shape index (κ1) is 14.5. The lowest BCUT2D eigenvalue weighted by atomic mass is 9.98. The largest absolute Gasteiger partial charge is 0.388 e. The Balaban J connectivity index is 2.27. The normalized spacial score (nSPS) is 18.8. The quantitative estimate of drug-likeness (QED) is 0.838. The lowest BCUT2D eigenvalue weighted by Gasteiger charge is -2.17. The molecule has 0 aliphatic carbocycles. The Bertz CT molecular complexity index is 548. The molecule has 1 heterocycles. The second-order valence-corrected chi connectivity index (χ2v) is 5.22. The predicted octanol–water partition coefficient (Wildman–Crippen LogP) is 2.88.